The molecule has 2 N–H and O–H groups in total. The van der Waals surface area contributed by atoms with E-state index in [2.05, 4.69) is 78.9 Å². The van der Waals surface area contributed by atoms with Crippen LogP contribution >= 0.6 is 0 Å². The molecule has 0 aliphatic rings. The molecule has 0 bridgehead atoms. The van der Waals surface area contributed by atoms with Crippen LogP contribution in [-0.4, -0.2) is 36.5 Å². The molecule has 136 valence electrons. The normalized spacial score (nSPS) is 11.2. The van der Waals surface area contributed by atoms with Gasteiger partial charge in [0.15, 0.2) is 0 Å². The van der Waals surface area contributed by atoms with Crippen LogP contribution in [0.2, 0.25) is 0 Å². The van der Waals surface area contributed by atoms with Gasteiger partial charge < -0.3 is 15.1 Å². The average Bonchev–Trinajstić information content (AvgIpc) is 2.73. The van der Waals surface area contributed by atoms with Crippen molar-refractivity contribution in [3.8, 4) is 11.1 Å². The fourth-order valence-electron chi connectivity index (χ4n) is 3.76. The number of hydrogen-bond acceptors (Lipinski definition) is 3. The Kier molecular flexibility index (Phi) is 5.05. The average molecular weight is 357 g/mol. The predicted molar refractivity (Wildman–Crippen MR) is 113 cm³/mol. The lowest BCUT2D eigenvalue weighted by molar-refractivity contribution is 0.281. The summed E-state index contributed by atoms with van der Waals surface area (Å²) in [6, 6.07) is 27.6. The van der Waals surface area contributed by atoms with Crippen molar-refractivity contribution in [2.75, 3.05) is 31.2 Å². The Bertz CT molecular complexity index is 1050. The molecule has 4 rings (SSSR count). The molecular formula is C24H23NO2. The van der Waals surface area contributed by atoms with Gasteiger partial charge in [0.2, 0.25) is 0 Å². The van der Waals surface area contributed by atoms with Gasteiger partial charge in [0.1, 0.15) is 0 Å². The number of hydrogen-bond donors (Lipinski definition) is 2. The number of nitrogens with zero attached hydrogens (tertiary/aromatic N) is 1. The first-order valence-electron chi connectivity index (χ1n) is 9.29. The van der Waals surface area contributed by atoms with E-state index in [1.54, 1.807) is 0 Å². The Balaban J connectivity index is 1.82. The van der Waals surface area contributed by atoms with Gasteiger partial charge >= 0.3 is 0 Å². The molecule has 0 unspecified atom stereocenters. The Hall–Kier alpha value is -2.88. The third kappa shape index (κ3) is 3.39. The Morgan fingerprint density at radius 3 is 1.89 bits per heavy atom. The zero-order chi connectivity index (χ0) is 18.6. The Morgan fingerprint density at radius 1 is 0.630 bits per heavy atom. The molecule has 3 heteroatoms. The summed E-state index contributed by atoms with van der Waals surface area (Å²) in [6.07, 6.45) is 0. The van der Waals surface area contributed by atoms with Crippen molar-refractivity contribution in [2.24, 2.45) is 0 Å². The van der Waals surface area contributed by atoms with E-state index in [1.165, 1.54) is 27.1 Å². The fourth-order valence-corrected chi connectivity index (χ4v) is 3.76. The first kappa shape index (κ1) is 17.5. The van der Waals surface area contributed by atoms with Gasteiger partial charge in [-0.3, -0.25) is 0 Å². The van der Waals surface area contributed by atoms with Crippen molar-refractivity contribution in [3.05, 3.63) is 78.9 Å². The summed E-state index contributed by atoms with van der Waals surface area (Å²) in [7, 11) is 0. The molecule has 0 atom stereocenters. The minimum absolute atomic E-state index is 0.0665. The van der Waals surface area contributed by atoms with E-state index >= 15 is 0 Å². The summed E-state index contributed by atoms with van der Waals surface area (Å²) in [4.78, 5) is 1.99. The Labute approximate surface area is 159 Å². The molecular weight excluding hydrogens is 334 g/mol. The monoisotopic (exact) mass is 357 g/mol. The number of anilines is 1. The van der Waals surface area contributed by atoms with Crippen LogP contribution in [0.4, 0.5) is 5.69 Å². The van der Waals surface area contributed by atoms with Gasteiger partial charge in [-0.15, -0.1) is 0 Å². The zero-order valence-corrected chi connectivity index (χ0v) is 15.2. The minimum Gasteiger partial charge on any atom is -0.395 e. The first-order chi connectivity index (χ1) is 13.3. The molecule has 3 nitrogen and oxygen atoms in total. The maximum absolute atomic E-state index is 9.25. The van der Waals surface area contributed by atoms with Crippen molar-refractivity contribution in [2.45, 2.75) is 0 Å². The minimum atomic E-state index is 0.0665. The van der Waals surface area contributed by atoms with E-state index in [-0.39, 0.29) is 13.2 Å². The second-order valence-electron chi connectivity index (χ2n) is 6.67. The summed E-state index contributed by atoms with van der Waals surface area (Å²) in [5.74, 6) is 0. The number of fused-ring (bicyclic) bond motifs is 3. The van der Waals surface area contributed by atoms with Crippen molar-refractivity contribution >= 4 is 27.2 Å². The Morgan fingerprint density at radius 2 is 1.22 bits per heavy atom. The highest BCUT2D eigenvalue weighted by molar-refractivity contribution is 6.13. The predicted octanol–water partition coefficient (Wildman–Crippen LogP) is 4.45. The highest BCUT2D eigenvalue weighted by Crippen LogP contribution is 2.35. The summed E-state index contributed by atoms with van der Waals surface area (Å²) < 4.78 is 0. The molecule has 4 aromatic carbocycles. The largest absolute Gasteiger partial charge is 0.395 e. The van der Waals surface area contributed by atoms with Crippen LogP contribution in [0.1, 0.15) is 0 Å². The molecule has 27 heavy (non-hydrogen) atoms. The van der Waals surface area contributed by atoms with E-state index < -0.39 is 0 Å². The quantitative estimate of drug-likeness (QED) is 0.501. The molecule has 0 saturated heterocycles. The lowest BCUT2D eigenvalue weighted by Crippen LogP contribution is -2.29. The van der Waals surface area contributed by atoms with Gasteiger partial charge in [0.25, 0.3) is 0 Å². The van der Waals surface area contributed by atoms with Crippen LogP contribution in [0.3, 0.4) is 0 Å². The lowest BCUT2D eigenvalue weighted by Gasteiger charge is -2.23. The molecule has 0 spiro atoms. The van der Waals surface area contributed by atoms with Crippen LogP contribution in [0.15, 0.2) is 78.9 Å². The van der Waals surface area contributed by atoms with Crippen molar-refractivity contribution in [1.29, 1.82) is 0 Å². The van der Waals surface area contributed by atoms with Gasteiger partial charge in [-0.1, -0.05) is 60.7 Å². The lowest BCUT2D eigenvalue weighted by atomic mass is 9.93. The van der Waals surface area contributed by atoms with E-state index in [1.807, 2.05) is 4.90 Å². The van der Waals surface area contributed by atoms with Crippen molar-refractivity contribution in [1.82, 2.24) is 0 Å². The number of aliphatic hydroxyl groups is 2. The first-order valence-corrected chi connectivity index (χ1v) is 9.29. The van der Waals surface area contributed by atoms with E-state index in [9.17, 15) is 10.2 Å². The number of rotatable bonds is 6. The smallest absolute Gasteiger partial charge is 0.0606 e. The topological polar surface area (TPSA) is 43.7 Å². The molecule has 0 amide bonds. The highest BCUT2D eigenvalue weighted by atomic mass is 16.3. The summed E-state index contributed by atoms with van der Waals surface area (Å²) >= 11 is 0. The zero-order valence-electron chi connectivity index (χ0n) is 15.2. The maximum Gasteiger partial charge on any atom is 0.0606 e. The van der Waals surface area contributed by atoms with Gasteiger partial charge in [0, 0.05) is 18.8 Å². The molecule has 0 heterocycles. The maximum atomic E-state index is 9.25. The number of benzene rings is 4. The SMILES string of the molecule is OCCN(CCO)c1ccc(-c2cc3ccccc3c3ccccc23)cc1. The van der Waals surface area contributed by atoms with Crippen LogP contribution in [0.5, 0.6) is 0 Å². The van der Waals surface area contributed by atoms with Crippen LogP contribution in [0, 0.1) is 0 Å². The number of aliphatic hydroxyl groups excluding tert-OH is 2. The fraction of sp³-hybridized carbons (Fsp3) is 0.167. The molecule has 0 saturated carbocycles. The summed E-state index contributed by atoms with van der Waals surface area (Å²) in [5, 5.41) is 23.5. The van der Waals surface area contributed by atoms with Crippen LogP contribution in [0.25, 0.3) is 32.7 Å². The van der Waals surface area contributed by atoms with Gasteiger partial charge in [-0.2, -0.15) is 0 Å². The molecule has 0 aliphatic heterocycles. The highest BCUT2D eigenvalue weighted by Gasteiger charge is 2.10. The second kappa shape index (κ2) is 7.78. The summed E-state index contributed by atoms with van der Waals surface area (Å²) in [5.41, 5.74) is 3.38. The van der Waals surface area contributed by atoms with Gasteiger partial charge in [0.05, 0.1) is 13.2 Å². The third-order valence-corrected chi connectivity index (χ3v) is 5.05. The van der Waals surface area contributed by atoms with Crippen molar-refractivity contribution < 1.29 is 10.2 Å². The van der Waals surface area contributed by atoms with Crippen LogP contribution < -0.4 is 4.90 Å². The van der Waals surface area contributed by atoms with E-state index in [4.69, 9.17) is 0 Å². The van der Waals surface area contributed by atoms with E-state index in [0.29, 0.717) is 13.1 Å². The molecule has 0 radical (unpaired) electrons. The molecule has 0 fully saturated rings. The van der Waals surface area contributed by atoms with Crippen LogP contribution in [-0.2, 0) is 0 Å². The standard InChI is InChI=1S/C24H23NO2/c26-15-13-25(14-16-27)20-11-9-18(10-12-20)24-17-19-5-1-2-6-21(19)22-7-3-4-8-23(22)24/h1-12,17,26-27H,13-16H2. The second-order valence-corrected chi connectivity index (χ2v) is 6.67. The third-order valence-electron chi connectivity index (χ3n) is 5.05. The van der Waals surface area contributed by atoms with Gasteiger partial charge in [-0.25, -0.2) is 0 Å². The molecule has 4 aromatic rings. The van der Waals surface area contributed by atoms with Gasteiger partial charge in [-0.05, 0) is 50.9 Å². The summed E-state index contributed by atoms with van der Waals surface area (Å²) in [6.45, 7) is 1.16. The molecule has 0 aliphatic carbocycles. The molecule has 0 aromatic heterocycles. The van der Waals surface area contributed by atoms with Crippen molar-refractivity contribution in [3.63, 3.8) is 0 Å². The van der Waals surface area contributed by atoms with E-state index in [0.717, 1.165) is 11.3 Å².